The van der Waals surface area contributed by atoms with E-state index in [0.29, 0.717) is 13.2 Å². The lowest BCUT2D eigenvalue weighted by Gasteiger charge is -2.12. The third-order valence-corrected chi connectivity index (χ3v) is 3.97. The van der Waals surface area contributed by atoms with Crippen LogP contribution in [0.5, 0.6) is 5.75 Å². The highest BCUT2D eigenvalue weighted by atomic mass is 16.6. The van der Waals surface area contributed by atoms with Gasteiger partial charge in [-0.05, 0) is 62.9 Å². The smallest absolute Gasteiger partial charge is 0.144 e. The predicted octanol–water partition coefficient (Wildman–Crippen LogP) is 2.56. The molecule has 0 saturated carbocycles. The van der Waals surface area contributed by atoms with Gasteiger partial charge in [0.25, 0.3) is 0 Å². The van der Waals surface area contributed by atoms with Gasteiger partial charge in [0.05, 0.1) is 12.3 Å². The first kappa shape index (κ1) is 17.8. The summed E-state index contributed by atoms with van der Waals surface area (Å²) in [5, 5.41) is 17.3. The third-order valence-electron chi connectivity index (χ3n) is 3.97. The second-order valence-electron chi connectivity index (χ2n) is 6.08. The summed E-state index contributed by atoms with van der Waals surface area (Å²) in [5.41, 5.74) is 4.33. The Balaban J connectivity index is 2.00. The van der Waals surface area contributed by atoms with Crippen molar-refractivity contribution in [1.82, 2.24) is 5.32 Å². The Kier molecular flexibility index (Phi) is 6.86. The molecule has 5 nitrogen and oxygen atoms in total. The van der Waals surface area contributed by atoms with Crippen molar-refractivity contribution in [3.63, 3.8) is 0 Å². The molecule has 0 amide bonds. The van der Waals surface area contributed by atoms with E-state index in [0.717, 1.165) is 42.8 Å². The van der Waals surface area contributed by atoms with Crippen LogP contribution >= 0.6 is 0 Å². The molecule has 0 spiro atoms. The highest BCUT2D eigenvalue weighted by Crippen LogP contribution is 2.28. The molecule has 0 aromatic heterocycles. The van der Waals surface area contributed by atoms with Crippen LogP contribution in [0, 0.1) is 13.8 Å². The van der Waals surface area contributed by atoms with Gasteiger partial charge in [-0.15, -0.1) is 0 Å². The van der Waals surface area contributed by atoms with Gasteiger partial charge in [-0.25, -0.2) is 0 Å². The summed E-state index contributed by atoms with van der Waals surface area (Å²) < 4.78 is 5.81. The Labute approximate surface area is 138 Å². The van der Waals surface area contributed by atoms with Gasteiger partial charge in [-0.3, -0.25) is 0 Å². The summed E-state index contributed by atoms with van der Waals surface area (Å²) in [7, 11) is 0. The van der Waals surface area contributed by atoms with E-state index >= 15 is 0 Å². The lowest BCUT2D eigenvalue weighted by Crippen LogP contribution is -2.30. The fraction of sp³-hybridized carbons (Fsp3) is 0.611. The van der Waals surface area contributed by atoms with E-state index in [9.17, 15) is 5.11 Å². The first-order valence-corrected chi connectivity index (χ1v) is 8.43. The molecule has 1 aliphatic rings. The normalized spacial score (nSPS) is 17.3. The highest BCUT2D eigenvalue weighted by molar-refractivity contribution is 6.03. The third kappa shape index (κ3) is 5.22. The Morgan fingerprint density at radius 3 is 2.91 bits per heavy atom. The maximum Gasteiger partial charge on any atom is 0.144 e. The van der Waals surface area contributed by atoms with Crippen LogP contribution in [0.25, 0.3) is 0 Å². The molecule has 1 aromatic carbocycles. The number of hydrogen-bond acceptors (Lipinski definition) is 5. The minimum Gasteiger partial charge on any atom is -0.493 e. The van der Waals surface area contributed by atoms with Crippen molar-refractivity contribution in [2.24, 2.45) is 5.16 Å². The van der Waals surface area contributed by atoms with Crippen LogP contribution in [0.3, 0.4) is 0 Å². The first-order valence-electron chi connectivity index (χ1n) is 8.43. The maximum atomic E-state index is 9.86. The summed E-state index contributed by atoms with van der Waals surface area (Å²) in [5.74, 6) is 0.873. The number of ether oxygens (including phenoxy) is 1. The number of oxime groups is 1. The monoisotopic (exact) mass is 320 g/mol. The van der Waals surface area contributed by atoms with E-state index in [1.165, 1.54) is 11.1 Å². The molecule has 1 unspecified atom stereocenters. The molecule has 0 bridgehead atoms. The molecule has 0 aliphatic carbocycles. The zero-order valence-electron chi connectivity index (χ0n) is 14.4. The van der Waals surface area contributed by atoms with Gasteiger partial charge in [0, 0.05) is 12.1 Å². The van der Waals surface area contributed by atoms with Crippen molar-refractivity contribution in [3.8, 4) is 5.75 Å². The van der Waals surface area contributed by atoms with Gasteiger partial charge in [0.2, 0.25) is 0 Å². The number of fused-ring (bicyclic) bond motifs is 1. The number of aliphatic hydroxyl groups excluding tert-OH is 1. The van der Waals surface area contributed by atoms with Crippen LogP contribution in [0.15, 0.2) is 17.3 Å². The molecule has 0 saturated heterocycles. The molecule has 5 heteroatoms. The number of aliphatic hydroxyl groups is 1. The van der Waals surface area contributed by atoms with Gasteiger partial charge >= 0.3 is 0 Å². The Bertz CT molecular complexity index is 543. The van der Waals surface area contributed by atoms with Crippen molar-refractivity contribution >= 4 is 5.71 Å². The van der Waals surface area contributed by atoms with E-state index in [4.69, 9.17) is 9.57 Å². The van der Waals surface area contributed by atoms with Crippen LogP contribution in [-0.4, -0.2) is 43.2 Å². The van der Waals surface area contributed by atoms with Crippen molar-refractivity contribution in [3.05, 3.63) is 28.8 Å². The molecule has 23 heavy (non-hydrogen) atoms. The summed E-state index contributed by atoms with van der Waals surface area (Å²) in [6.45, 7) is 8.57. The minimum atomic E-state index is -0.549. The van der Waals surface area contributed by atoms with Crippen LogP contribution in [0.4, 0.5) is 0 Å². The molecule has 0 fully saturated rings. The first-order chi connectivity index (χ1) is 11.1. The number of aryl methyl sites for hydroxylation is 2. The summed E-state index contributed by atoms with van der Waals surface area (Å²) >= 11 is 0. The van der Waals surface area contributed by atoms with Crippen molar-refractivity contribution < 1.29 is 14.7 Å². The lowest BCUT2D eigenvalue weighted by atomic mass is 10.0. The fourth-order valence-electron chi connectivity index (χ4n) is 2.49. The zero-order chi connectivity index (χ0) is 16.7. The number of nitrogens with zero attached hydrogens (tertiary/aromatic N) is 1. The summed E-state index contributed by atoms with van der Waals surface area (Å²) in [6.07, 6.45) is 2.23. The largest absolute Gasteiger partial charge is 0.493 e. The fourth-order valence-corrected chi connectivity index (χ4v) is 2.49. The minimum absolute atomic E-state index is 0.196. The molecule has 0 radical (unpaired) electrons. The Hall–Kier alpha value is -1.59. The molecule has 1 aliphatic heterocycles. The predicted molar refractivity (Wildman–Crippen MR) is 92.3 cm³/mol. The average molecular weight is 320 g/mol. The van der Waals surface area contributed by atoms with Gasteiger partial charge in [-0.2, -0.15) is 0 Å². The summed E-state index contributed by atoms with van der Waals surface area (Å²) in [4.78, 5) is 5.39. The molecule has 1 atom stereocenters. The van der Waals surface area contributed by atoms with Crippen LogP contribution < -0.4 is 10.1 Å². The molecular formula is C18H28N2O3. The van der Waals surface area contributed by atoms with E-state index in [1.807, 2.05) is 0 Å². The molecule has 2 rings (SSSR count). The molecule has 2 N–H and O–H groups in total. The number of rotatable bonds is 7. The van der Waals surface area contributed by atoms with E-state index in [-0.39, 0.29) is 6.61 Å². The molecule has 128 valence electrons. The Morgan fingerprint density at radius 1 is 1.35 bits per heavy atom. The van der Waals surface area contributed by atoms with Gasteiger partial charge < -0.3 is 20.0 Å². The van der Waals surface area contributed by atoms with Gasteiger partial charge in [0.1, 0.15) is 18.5 Å². The van der Waals surface area contributed by atoms with Crippen LogP contribution in [-0.2, 0) is 4.84 Å². The quantitative estimate of drug-likeness (QED) is 0.599. The second kappa shape index (κ2) is 8.89. The van der Waals surface area contributed by atoms with Gasteiger partial charge in [-0.1, -0.05) is 12.1 Å². The summed E-state index contributed by atoms with van der Waals surface area (Å²) in [6, 6.07) is 4.17. The van der Waals surface area contributed by atoms with Crippen molar-refractivity contribution in [2.45, 2.75) is 46.1 Å². The van der Waals surface area contributed by atoms with E-state index < -0.39 is 6.10 Å². The number of hydrogen-bond donors (Lipinski definition) is 2. The van der Waals surface area contributed by atoms with Crippen LogP contribution in [0.1, 0.15) is 42.9 Å². The molecular weight excluding hydrogens is 292 g/mol. The van der Waals surface area contributed by atoms with Crippen LogP contribution in [0.2, 0.25) is 0 Å². The van der Waals surface area contributed by atoms with Crippen molar-refractivity contribution in [1.29, 1.82) is 0 Å². The van der Waals surface area contributed by atoms with Gasteiger partial charge in [0.15, 0.2) is 0 Å². The maximum absolute atomic E-state index is 9.86. The number of benzene rings is 1. The SMILES string of the molecule is CCCNCC(O)CO/N=C1\CCCOc2cc(C)c(C)cc21. The standard InChI is InChI=1S/C18H28N2O3/c1-4-7-19-11-15(21)12-23-20-17-6-5-8-22-18-10-14(3)13(2)9-16(17)18/h9-10,15,19,21H,4-8,11-12H2,1-3H3/b20-17+. The number of nitrogens with one attached hydrogen (secondary N) is 1. The highest BCUT2D eigenvalue weighted by Gasteiger charge is 2.17. The lowest BCUT2D eigenvalue weighted by molar-refractivity contribution is 0.0403. The molecule has 1 aromatic rings. The average Bonchev–Trinajstić information content (AvgIpc) is 2.71. The Morgan fingerprint density at radius 2 is 2.13 bits per heavy atom. The molecule has 1 heterocycles. The topological polar surface area (TPSA) is 63.1 Å². The van der Waals surface area contributed by atoms with E-state index in [2.05, 4.69) is 43.4 Å². The zero-order valence-corrected chi connectivity index (χ0v) is 14.4. The second-order valence-corrected chi connectivity index (χ2v) is 6.08. The van der Waals surface area contributed by atoms with E-state index in [1.54, 1.807) is 0 Å². The van der Waals surface area contributed by atoms with Crippen molar-refractivity contribution in [2.75, 3.05) is 26.3 Å².